The monoisotopic (exact) mass is 599 g/mol. The fourth-order valence-electron chi connectivity index (χ4n) is 6.97. The van der Waals surface area contributed by atoms with E-state index in [-0.39, 0.29) is 14.9 Å². The van der Waals surface area contributed by atoms with E-state index in [0.29, 0.717) is 0 Å². The number of hydrogen-bond donors (Lipinski definition) is 0. The predicted octanol–water partition coefficient (Wildman–Crippen LogP) is 16.9. The van der Waals surface area contributed by atoms with Crippen LogP contribution in [0.25, 0.3) is 0 Å². The first-order valence-corrected chi connectivity index (χ1v) is 19.6. The van der Waals surface area contributed by atoms with Gasteiger partial charge in [-0.25, -0.2) is 0 Å². The molecule has 0 atom stereocenters. The van der Waals surface area contributed by atoms with Gasteiger partial charge in [0.1, 0.15) is 0 Å². The van der Waals surface area contributed by atoms with Gasteiger partial charge in [0.05, 0.1) is 0 Å². The van der Waals surface area contributed by atoms with Gasteiger partial charge in [-0.05, 0) is 29.6 Å². The normalized spacial score (nSPS) is 23.5. The molecule has 0 unspecified atom stereocenters. The Kier molecular flexibility index (Phi) is 53.0. The average molecular weight is 599 g/mol. The lowest BCUT2D eigenvalue weighted by Gasteiger charge is -2.27. The Morgan fingerprint density at radius 2 is 0.405 bits per heavy atom. The first kappa shape index (κ1) is 51.6. The van der Waals surface area contributed by atoms with Gasteiger partial charge in [-0.15, -0.1) is 0 Å². The molecule has 0 bridgehead atoms. The molecule has 4 aliphatic rings. The highest BCUT2D eigenvalue weighted by molar-refractivity contribution is 4.77. The lowest BCUT2D eigenvalue weighted by Crippen LogP contribution is -2.15. The molecule has 0 saturated heterocycles. The highest BCUT2D eigenvalue weighted by Gasteiger charge is 2.25. The minimum atomic E-state index is 0. The van der Waals surface area contributed by atoms with Gasteiger partial charge in [0, 0.05) is 0 Å². The SMILES string of the molecule is C.C.CC.CC.CC.CC.CC1CCCC(C2CCCC2)CCC1.CC1CCCCCCC1.CC1CCCCCCC1. The molecule has 4 fully saturated rings. The quantitative estimate of drug-likeness (QED) is 0.281. The van der Waals surface area contributed by atoms with Gasteiger partial charge in [0.2, 0.25) is 0 Å². The van der Waals surface area contributed by atoms with E-state index in [4.69, 9.17) is 0 Å². The Morgan fingerprint density at radius 3 is 0.667 bits per heavy atom. The van der Waals surface area contributed by atoms with Crippen LogP contribution in [-0.2, 0) is 0 Å². The second-order valence-corrected chi connectivity index (χ2v) is 12.7. The van der Waals surface area contributed by atoms with Crippen molar-refractivity contribution in [2.75, 3.05) is 0 Å². The highest BCUT2D eigenvalue weighted by atomic mass is 14.3. The Morgan fingerprint density at radius 1 is 0.238 bits per heavy atom. The summed E-state index contributed by atoms with van der Waals surface area (Å²) < 4.78 is 0. The molecule has 0 aliphatic heterocycles. The highest BCUT2D eigenvalue weighted by Crippen LogP contribution is 2.38. The van der Waals surface area contributed by atoms with Crippen LogP contribution in [0.5, 0.6) is 0 Å². The molecule has 4 saturated carbocycles. The second kappa shape index (κ2) is 43.1. The van der Waals surface area contributed by atoms with Crippen molar-refractivity contribution >= 4 is 0 Å². The van der Waals surface area contributed by atoms with Gasteiger partial charge in [0.15, 0.2) is 0 Å². The summed E-state index contributed by atoms with van der Waals surface area (Å²) >= 11 is 0. The molecule has 0 nitrogen and oxygen atoms in total. The van der Waals surface area contributed by atoms with Crippen molar-refractivity contribution in [2.45, 2.75) is 245 Å². The largest absolute Gasteiger partial charge is 0.0776 e. The zero-order valence-corrected chi connectivity index (χ0v) is 30.9. The van der Waals surface area contributed by atoms with Crippen molar-refractivity contribution < 1.29 is 0 Å². The fourth-order valence-corrected chi connectivity index (χ4v) is 6.97. The lowest BCUT2D eigenvalue weighted by atomic mass is 9.79. The standard InChI is InChI=1S/C14H26.2C9H18.4C2H6.2CH4/c1-12-6-4-10-14(11-5-7-12)13-8-2-3-9-13;2*1-9-7-5-3-2-4-6-8-9;4*1-2;;/h12-14H,2-11H2,1H3;2*9H,2-8H2,1H3;4*1-2H3;2*1H4. The molecule has 4 rings (SSSR count). The second-order valence-electron chi connectivity index (χ2n) is 12.7. The molecule has 0 amide bonds. The zero-order chi connectivity index (χ0) is 30.9. The maximum Gasteiger partial charge on any atom is -0.0386 e. The van der Waals surface area contributed by atoms with Crippen LogP contribution in [0.3, 0.4) is 0 Å². The Hall–Kier alpha value is 0. The van der Waals surface area contributed by atoms with Gasteiger partial charge in [0.25, 0.3) is 0 Å². The molecule has 4 aliphatic carbocycles. The van der Waals surface area contributed by atoms with Gasteiger partial charge in [-0.2, -0.15) is 0 Å². The summed E-state index contributed by atoms with van der Waals surface area (Å²) in [5.41, 5.74) is 0. The van der Waals surface area contributed by atoms with Gasteiger partial charge in [-0.1, -0.05) is 245 Å². The molecule has 262 valence electrons. The van der Waals surface area contributed by atoms with Crippen molar-refractivity contribution in [2.24, 2.45) is 29.6 Å². The van der Waals surface area contributed by atoms with Crippen LogP contribution in [0.2, 0.25) is 0 Å². The summed E-state index contributed by atoms with van der Waals surface area (Å²) in [7, 11) is 0. The van der Waals surface area contributed by atoms with E-state index in [1.165, 1.54) is 128 Å². The first-order chi connectivity index (χ1) is 19.6. The van der Waals surface area contributed by atoms with E-state index >= 15 is 0 Å². The maximum absolute atomic E-state index is 2.44. The van der Waals surface area contributed by atoms with Crippen LogP contribution >= 0.6 is 0 Å². The molecule has 0 heteroatoms. The van der Waals surface area contributed by atoms with Crippen molar-refractivity contribution in [1.82, 2.24) is 0 Å². The van der Waals surface area contributed by atoms with Crippen molar-refractivity contribution in [3.8, 4) is 0 Å². The average Bonchev–Trinajstić information content (AvgIpc) is 3.51. The minimum absolute atomic E-state index is 0. The van der Waals surface area contributed by atoms with Crippen LogP contribution in [0.15, 0.2) is 0 Å². The maximum atomic E-state index is 2.44. The molecule has 0 N–H and O–H groups in total. The van der Waals surface area contributed by atoms with E-state index in [2.05, 4.69) is 20.8 Å². The summed E-state index contributed by atoms with van der Waals surface area (Å²) in [6, 6.07) is 0. The van der Waals surface area contributed by atoms with E-state index in [0.717, 1.165) is 29.6 Å². The van der Waals surface area contributed by atoms with E-state index < -0.39 is 0 Å². The molecule has 0 radical (unpaired) electrons. The van der Waals surface area contributed by atoms with E-state index in [9.17, 15) is 0 Å². The summed E-state index contributed by atoms with van der Waals surface area (Å²) in [5.74, 6) is 5.29. The van der Waals surface area contributed by atoms with Crippen LogP contribution in [0.4, 0.5) is 0 Å². The zero-order valence-electron chi connectivity index (χ0n) is 30.9. The third kappa shape index (κ3) is 32.9. The summed E-state index contributed by atoms with van der Waals surface area (Å²) in [6.07, 6.45) is 36.1. The van der Waals surface area contributed by atoms with Crippen LogP contribution in [-0.4, -0.2) is 0 Å². The van der Waals surface area contributed by atoms with Crippen LogP contribution in [0, 0.1) is 29.6 Å². The molecule has 0 aromatic rings. The third-order valence-electron chi connectivity index (χ3n) is 9.40. The fraction of sp³-hybridized carbons (Fsp3) is 1.00. The van der Waals surface area contributed by atoms with E-state index in [1.807, 2.05) is 55.4 Å². The molecular weight excluding hydrogens is 504 g/mol. The molecule has 0 aromatic heterocycles. The van der Waals surface area contributed by atoms with Crippen LogP contribution in [0.1, 0.15) is 245 Å². The number of rotatable bonds is 1. The Balaban J connectivity index is -0.000000146. The van der Waals surface area contributed by atoms with Crippen LogP contribution < -0.4 is 0 Å². The van der Waals surface area contributed by atoms with Gasteiger partial charge < -0.3 is 0 Å². The predicted molar refractivity (Wildman–Crippen MR) is 204 cm³/mol. The third-order valence-corrected chi connectivity index (χ3v) is 9.40. The first-order valence-electron chi connectivity index (χ1n) is 19.6. The minimum Gasteiger partial charge on any atom is -0.0776 e. The Labute approximate surface area is 274 Å². The molecule has 0 heterocycles. The van der Waals surface area contributed by atoms with Gasteiger partial charge >= 0.3 is 0 Å². The molecule has 42 heavy (non-hydrogen) atoms. The molecular formula is C42H94. The van der Waals surface area contributed by atoms with Gasteiger partial charge in [-0.3, -0.25) is 0 Å². The smallest absolute Gasteiger partial charge is 0.0386 e. The summed E-state index contributed by atoms with van der Waals surface area (Å²) in [5, 5.41) is 0. The molecule has 0 spiro atoms. The van der Waals surface area contributed by atoms with Crippen molar-refractivity contribution in [3.05, 3.63) is 0 Å². The lowest BCUT2D eigenvalue weighted by molar-refractivity contribution is 0.250. The number of hydrogen-bond acceptors (Lipinski definition) is 0. The molecule has 0 aromatic carbocycles. The summed E-state index contributed by atoms with van der Waals surface area (Å²) in [4.78, 5) is 0. The van der Waals surface area contributed by atoms with E-state index in [1.54, 1.807) is 25.7 Å². The Bertz CT molecular complexity index is 360. The van der Waals surface area contributed by atoms with Crippen molar-refractivity contribution in [1.29, 1.82) is 0 Å². The summed E-state index contributed by atoms with van der Waals surface area (Å²) in [6.45, 7) is 23.2. The topological polar surface area (TPSA) is 0 Å². The van der Waals surface area contributed by atoms with Crippen molar-refractivity contribution in [3.63, 3.8) is 0 Å².